The molecule has 3 rings (SSSR count). The van der Waals surface area contributed by atoms with Crippen molar-refractivity contribution in [3.63, 3.8) is 0 Å². The molecule has 0 aromatic carbocycles. The third-order valence-corrected chi connectivity index (χ3v) is 3.84. The van der Waals surface area contributed by atoms with Gasteiger partial charge >= 0.3 is 11.9 Å². The normalized spacial score (nSPS) is 11.9. The van der Waals surface area contributed by atoms with E-state index in [4.69, 9.17) is 8.83 Å². The number of hydrogen-bond acceptors (Lipinski definition) is 5. The van der Waals surface area contributed by atoms with Gasteiger partial charge in [0.05, 0.1) is 6.26 Å². The number of carbonyl (C=O) groups excluding carboxylic acids is 1. The monoisotopic (exact) mass is 369 g/mol. The highest BCUT2D eigenvalue weighted by molar-refractivity contribution is 5.97. The minimum Gasteiger partial charge on any atom is -0.459 e. The van der Waals surface area contributed by atoms with E-state index in [1.807, 2.05) is 0 Å². The van der Waals surface area contributed by atoms with Gasteiger partial charge in [0, 0.05) is 17.0 Å². The highest BCUT2D eigenvalue weighted by Gasteiger charge is 2.30. The number of nitrogens with zero attached hydrogens (tertiary/aromatic N) is 3. The fourth-order valence-electron chi connectivity index (χ4n) is 2.63. The molecule has 0 atom stereocenters. The second kappa shape index (κ2) is 6.36. The fraction of sp³-hybridized carbons (Fsp3) is 0.312. The summed E-state index contributed by atoms with van der Waals surface area (Å²) in [5.74, 6) is -1.28. The van der Waals surface area contributed by atoms with Gasteiger partial charge in [-0.15, -0.1) is 5.10 Å². The molecule has 10 heteroatoms. The molecular formula is C16H14F3N3O4. The number of Topliss-reactive ketones (excluding diaryl/α,β-unsaturated/α-hetero) is 1. The van der Waals surface area contributed by atoms with Crippen LogP contribution in [0.25, 0.3) is 11.7 Å². The Hall–Kier alpha value is -3.04. The zero-order valence-electron chi connectivity index (χ0n) is 13.8. The van der Waals surface area contributed by atoms with Crippen molar-refractivity contribution in [1.82, 2.24) is 14.3 Å². The van der Waals surface area contributed by atoms with Crippen LogP contribution in [-0.4, -0.2) is 26.3 Å². The van der Waals surface area contributed by atoms with E-state index in [-0.39, 0.29) is 22.9 Å². The lowest BCUT2D eigenvalue weighted by Crippen LogP contribution is -2.22. The van der Waals surface area contributed by atoms with Crippen molar-refractivity contribution in [3.8, 4) is 11.7 Å². The largest absolute Gasteiger partial charge is 0.459 e. The zero-order valence-corrected chi connectivity index (χ0v) is 13.8. The van der Waals surface area contributed by atoms with Gasteiger partial charge in [0.25, 0.3) is 5.89 Å². The van der Waals surface area contributed by atoms with Gasteiger partial charge in [-0.1, -0.05) is 0 Å². The van der Waals surface area contributed by atoms with Crippen LogP contribution < -0.4 is 5.76 Å². The number of rotatable bonds is 5. The summed E-state index contributed by atoms with van der Waals surface area (Å²) >= 11 is 0. The number of halogens is 3. The van der Waals surface area contributed by atoms with Crippen LogP contribution in [0.3, 0.4) is 0 Å². The van der Waals surface area contributed by atoms with Crippen LogP contribution >= 0.6 is 0 Å². The Labute approximate surface area is 144 Å². The van der Waals surface area contributed by atoms with E-state index < -0.39 is 30.8 Å². The Balaban J connectivity index is 1.85. The van der Waals surface area contributed by atoms with E-state index >= 15 is 0 Å². The van der Waals surface area contributed by atoms with E-state index in [1.165, 1.54) is 32.2 Å². The molecule has 0 aliphatic carbocycles. The van der Waals surface area contributed by atoms with Gasteiger partial charge in [-0.05, 0) is 32.0 Å². The lowest BCUT2D eigenvalue weighted by molar-refractivity contribution is -0.141. The molecule has 138 valence electrons. The first-order valence-electron chi connectivity index (χ1n) is 7.54. The Kier molecular flexibility index (Phi) is 4.34. The molecule has 0 bridgehead atoms. The molecule has 0 aliphatic rings. The molecular weight excluding hydrogens is 355 g/mol. The summed E-state index contributed by atoms with van der Waals surface area (Å²) < 4.78 is 49.8. The fourth-order valence-corrected chi connectivity index (χ4v) is 2.63. The SMILES string of the molecule is Cc1cc(C(=O)Cn2nc(-c3ccco3)oc2=O)c(C)n1CC(F)(F)F. The molecule has 0 fully saturated rings. The molecule has 26 heavy (non-hydrogen) atoms. The number of hydrogen-bond donors (Lipinski definition) is 0. The lowest BCUT2D eigenvalue weighted by atomic mass is 10.1. The van der Waals surface area contributed by atoms with E-state index in [0.717, 1.165) is 9.25 Å². The van der Waals surface area contributed by atoms with Crippen LogP contribution in [0.1, 0.15) is 21.7 Å². The van der Waals surface area contributed by atoms with E-state index in [1.54, 1.807) is 6.07 Å². The maximum absolute atomic E-state index is 12.7. The summed E-state index contributed by atoms with van der Waals surface area (Å²) in [4.78, 5) is 24.3. The average molecular weight is 369 g/mol. The molecule has 0 saturated carbocycles. The molecule has 0 radical (unpaired) electrons. The second-order valence-corrected chi connectivity index (χ2v) is 5.72. The Morgan fingerprint density at radius 3 is 2.65 bits per heavy atom. The van der Waals surface area contributed by atoms with Crippen LogP contribution in [0, 0.1) is 13.8 Å². The van der Waals surface area contributed by atoms with Crippen molar-refractivity contribution in [2.24, 2.45) is 0 Å². The summed E-state index contributed by atoms with van der Waals surface area (Å²) in [6.07, 6.45) is -3.04. The van der Waals surface area contributed by atoms with Crippen molar-refractivity contribution >= 4 is 5.78 Å². The smallest absolute Gasteiger partial charge is 0.437 e. The van der Waals surface area contributed by atoms with E-state index in [0.29, 0.717) is 5.69 Å². The van der Waals surface area contributed by atoms with Gasteiger partial charge in [0.2, 0.25) is 0 Å². The molecule has 0 N–H and O–H groups in total. The summed E-state index contributed by atoms with van der Waals surface area (Å²) in [7, 11) is 0. The summed E-state index contributed by atoms with van der Waals surface area (Å²) in [5.41, 5.74) is 0.570. The minimum absolute atomic E-state index is 0.0876. The number of alkyl halides is 3. The van der Waals surface area contributed by atoms with Gasteiger partial charge in [-0.25, -0.2) is 4.79 Å². The Bertz CT molecular complexity index is 993. The molecule has 0 spiro atoms. The number of aryl methyl sites for hydroxylation is 1. The first-order valence-corrected chi connectivity index (χ1v) is 7.54. The quantitative estimate of drug-likeness (QED) is 0.646. The lowest BCUT2D eigenvalue weighted by Gasteiger charge is -2.12. The highest BCUT2D eigenvalue weighted by Crippen LogP contribution is 2.23. The molecule has 0 saturated heterocycles. The van der Waals surface area contributed by atoms with Gasteiger partial charge in [0.1, 0.15) is 13.1 Å². The number of aromatic nitrogens is 3. The van der Waals surface area contributed by atoms with Crippen molar-refractivity contribution in [2.45, 2.75) is 33.1 Å². The molecule has 3 aromatic rings. The molecule has 0 unspecified atom stereocenters. The van der Waals surface area contributed by atoms with Crippen LogP contribution in [0.5, 0.6) is 0 Å². The maximum atomic E-state index is 12.7. The van der Waals surface area contributed by atoms with Crippen LogP contribution in [0.4, 0.5) is 13.2 Å². The highest BCUT2D eigenvalue weighted by atomic mass is 19.4. The molecule has 3 heterocycles. The molecule has 7 nitrogen and oxygen atoms in total. The predicted octanol–water partition coefficient (Wildman–Crippen LogP) is 2.96. The number of furan rings is 1. The van der Waals surface area contributed by atoms with E-state index in [9.17, 15) is 22.8 Å². The van der Waals surface area contributed by atoms with Gasteiger partial charge in [-0.2, -0.15) is 17.9 Å². The maximum Gasteiger partial charge on any atom is 0.437 e. The topological polar surface area (TPSA) is 83.2 Å². The van der Waals surface area contributed by atoms with Crippen LogP contribution in [-0.2, 0) is 13.1 Å². The van der Waals surface area contributed by atoms with Crippen LogP contribution in [0.15, 0.2) is 38.1 Å². The Morgan fingerprint density at radius 2 is 2.04 bits per heavy atom. The first-order chi connectivity index (χ1) is 12.2. The van der Waals surface area contributed by atoms with Crippen LogP contribution in [0.2, 0.25) is 0 Å². The van der Waals surface area contributed by atoms with Crippen molar-refractivity contribution in [1.29, 1.82) is 0 Å². The average Bonchev–Trinajstić information content (AvgIpc) is 3.23. The molecule has 3 aromatic heterocycles. The minimum atomic E-state index is -4.41. The Morgan fingerprint density at radius 1 is 1.31 bits per heavy atom. The number of ketones is 1. The molecule has 0 aliphatic heterocycles. The molecule has 0 amide bonds. The summed E-state index contributed by atoms with van der Waals surface area (Å²) in [6.45, 7) is 1.25. The summed E-state index contributed by atoms with van der Waals surface area (Å²) in [5, 5.41) is 3.87. The second-order valence-electron chi connectivity index (χ2n) is 5.72. The van der Waals surface area contributed by atoms with Gasteiger partial charge in [0.15, 0.2) is 11.5 Å². The first kappa shape index (κ1) is 17.8. The summed E-state index contributed by atoms with van der Waals surface area (Å²) in [6, 6.07) is 4.47. The standard InChI is InChI=1S/C16H14F3N3O4/c1-9-6-11(10(2)21(9)8-16(17,18)19)12(23)7-22-15(24)26-14(20-22)13-4-3-5-25-13/h3-6H,7-8H2,1-2H3. The number of carbonyl (C=O) groups is 1. The third kappa shape index (κ3) is 3.48. The van der Waals surface area contributed by atoms with Gasteiger partial charge < -0.3 is 13.4 Å². The third-order valence-electron chi connectivity index (χ3n) is 3.84. The van der Waals surface area contributed by atoms with E-state index in [2.05, 4.69) is 5.10 Å². The van der Waals surface area contributed by atoms with Crippen molar-refractivity contribution in [3.05, 3.63) is 52.0 Å². The zero-order chi connectivity index (χ0) is 19.1. The van der Waals surface area contributed by atoms with Crippen molar-refractivity contribution < 1.29 is 26.8 Å². The van der Waals surface area contributed by atoms with Gasteiger partial charge in [-0.3, -0.25) is 4.79 Å². The predicted molar refractivity (Wildman–Crippen MR) is 82.8 cm³/mol. The van der Waals surface area contributed by atoms with Crippen molar-refractivity contribution in [2.75, 3.05) is 0 Å².